The van der Waals surface area contributed by atoms with E-state index in [-0.39, 0.29) is 28.3 Å². The summed E-state index contributed by atoms with van der Waals surface area (Å²) in [6.07, 6.45) is -3.45. The number of nitrogens with zero attached hydrogens (tertiary/aromatic N) is 3. The minimum atomic E-state index is -4.70. The first-order chi connectivity index (χ1) is 15.0. The maximum atomic E-state index is 14.3. The smallest absolute Gasteiger partial charge is 0.413 e. The van der Waals surface area contributed by atoms with Gasteiger partial charge < -0.3 is 14.4 Å². The third kappa shape index (κ3) is 3.31. The third-order valence-corrected chi connectivity index (χ3v) is 5.52. The van der Waals surface area contributed by atoms with E-state index in [0.29, 0.717) is 11.0 Å². The Morgan fingerprint density at radius 2 is 1.72 bits per heavy atom. The fourth-order valence-corrected chi connectivity index (χ4v) is 3.94. The third-order valence-electron chi connectivity index (χ3n) is 5.52. The summed E-state index contributed by atoms with van der Waals surface area (Å²) in [6.45, 7) is 0. The molecule has 0 aliphatic carbocycles. The maximum absolute atomic E-state index is 14.3. The van der Waals surface area contributed by atoms with Crippen LogP contribution in [0.3, 0.4) is 0 Å². The molecule has 0 saturated heterocycles. The average Bonchev–Trinajstić information content (AvgIpc) is 3.29. The Bertz CT molecular complexity index is 1380. The number of hydrogen-bond donors (Lipinski definition) is 1. The van der Waals surface area contributed by atoms with Gasteiger partial charge in [-0.05, 0) is 42.0 Å². The Kier molecular flexibility index (Phi) is 5.03. The molecule has 32 heavy (non-hydrogen) atoms. The fraction of sp³-hybridized carbons (Fsp3) is 0.227. The Balaban J connectivity index is 1.93. The molecule has 168 valence electrons. The van der Waals surface area contributed by atoms with E-state index in [9.17, 15) is 27.5 Å². The summed E-state index contributed by atoms with van der Waals surface area (Å²) in [5, 5.41) is 9.74. The number of aryl methyl sites for hydroxylation is 2. The first-order valence-corrected chi connectivity index (χ1v) is 9.50. The molecule has 0 amide bonds. The van der Waals surface area contributed by atoms with Crippen LogP contribution in [-0.4, -0.2) is 32.1 Å². The van der Waals surface area contributed by atoms with Crippen LogP contribution in [0, 0.1) is 5.82 Å². The van der Waals surface area contributed by atoms with Crippen molar-refractivity contribution in [1.82, 2.24) is 13.7 Å². The lowest BCUT2D eigenvalue weighted by molar-refractivity contribution is -0.156. The lowest BCUT2D eigenvalue weighted by Gasteiger charge is -2.25. The Hall–Kier alpha value is -3.69. The number of alkyl halides is 3. The number of ether oxygens (including phenoxy) is 1. The van der Waals surface area contributed by atoms with Gasteiger partial charge in [0, 0.05) is 31.5 Å². The van der Waals surface area contributed by atoms with Crippen LogP contribution in [0.25, 0.3) is 22.3 Å². The number of methoxy groups -OCH3 is 1. The highest BCUT2D eigenvalue weighted by atomic mass is 19.4. The molecule has 1 atom stereocenters. The zero-order chi connectivity index (χ0) is 23.4. The van der Waals surface area contributed by atoms with Crippen molar-refractivity contribution in [3.8, 4) is 22.8 Å². The van der Waals surface area contributed by atoms with Crippen LogP contribution in [0.4, 0.5) is 17.6 Å². The molecule has 0 bridgehead atoms. The molecule has 0 spiro atoms. The van der Waals surface area contributed by atoms with Gasteiger partial charge in [0.05, 0.1) is 18.1 Å². The zero-order valence-electron chi connectivity index (χ0n) is 17.3. The lowest BCUT2D eigenvalue weighted by Crippen LogP contribution is -2.27. The van der Waals surface area contributed by atoms with E-state index >= 15 is 0 Å². The summed E-state index contributed by atoms with van der Waals surface area (Å²) in [5.41, 5.74) is 0.593. The summed E-state index contributed by atoms with van der Waals surface area (Å²) >= 11 is 0. The molecule has 0 unspecified atom stereocenters. The summed E-state index contributed by atoms with van der Waals surface area (Å²) in [7, 11) is 4.25. The average molecular weight is 449 g/mol. The molecular weight excluding hydrogens is 430 g/mol. The van der Waals surface area contributed by atoms with Gasteiger partial charge in [-0.15, -0.1) is 0 Å². The summed E-state index contributed by atoms with van der Waals surface area (Å²) in [6, 6.07) is 7.07. The van der Waals surface area contributed by atoms with Gasteiger partial charge in [0.1, 0.15) is 0 Å². The van der Waals surface area contributed by atoms with Gasteiger partial charge in [-0.25, -0.2) is 9.18 Å². The molecule has 0 saturated carbocycles. The van der Waals surface area contributed by atoms with E-state index in [1.807, 2.05) is 0 Å². The molecule has 10 heteroatoms. The van der Waals surface area contributed by atoms with Gasteiger partial charge in [0.25, 0.3) is 0 Å². The Morgan fingerprint density at radius 3 is 2.38 bits per heavy atom. The fourth-order valence-electron chi connectivity index (χ4n) is 3.94. The van der Waals surface area contributed by atoms with Gasteiger partial charge in [0.15, 0.2) is 23.4 Å². The van der Waals surface area contributed by atoms with Crippen LogP contribution in [0.5, 0.6) is 11.5 Å². The molecule has 0 aliphatic heterocycles. The van der Waals surface area contributed by atoms with Crippen LogP contribution in [0.1, 0.15) is 11.6 Å². The number of rotatable bonds is 4. The van der Waals surface area contributed by atoms with Gasteiger partial charge in [-0.3, -0.25) is 9.13 Å². The molecule has 2 aromatic heterocycles. The van der Waals surface area contributed by atoms with Crippen molar-refractivity contribution >= 4 is 11.0 Å². The van der Waals surface area contributed by atoms with Crippen molar-refractivity contribution in [2.75, 3.05) is 7.11 Å². The van der Waals surface area contributed by atoms with E-state index in [4.69, 9.17) is 4.74 Å². The van der Waals surface area contributed by atoms with Crippen LogP contribution in [0.15, 0.2) is 53.5 Å². The van der Waals surface area contributed by atoms with Gasteiger partial charge in [-0.2, -0.15) is 13.2 Å². The highest BCUT2D eigenvalue weighted by Gasteiger charge is 2.43. The summed E-state index contributed by atoms with van der Waals surface area (Å²) < 4.78 is 65.6. The van der Waals surface area contributed by atoms with Gasteiger partial charge >= 0.3 is 11.9 Å². The van der Waals surface area contributed by atoms with E-state index in [1.165, 1.54) is 65.9 Å². The van der Waals surface area contributed by atoms with Crippen molar-refractivity contribution in [1.29, 1.82) is 0 Å². The Morgan fingerprint density at radius 1 is 1.03 bits per heavy atom. The van der Waals surface area contributed by atoms with Crippen LogP contribution in [-0.2, 0) is 14.1 Å². The molecule has 4 aromatic rings. The molecular formula is C22H19F4N3O3. The number of benzene rings is 2. The second-order valence-corrected chi connectivity index (χ2v) is 7.40. The minimum absolute atomic E-state index is 0.0755. The number of phenolic OH excluding ortho intramolecular Hbond substituents is 1. The highest BCUT2D eigenvalue weighted by Crippen LogP contribution is 2.41. The number of halogens is 4. The molecule has 2 heterocycles. The lowest BCUT2D eigenvalue weighted by atomic mass is 10.0. The van der Waals surface area contributed by atoms with E-state index in [2.05, 4.69) is 0 Å². The molecule has 1 N–H and O–H groups in total. The predicted molar refractivity (Wildman–Crippen MR) is 110 cm³/mol. The summed E-state index contributed by atoms with van der Waals surface area (Å²) in [4.78, 5) is 12.2. The topological polar surface area (TPSA) is 61.3 Å². The second-order valence-electron chi connectivity index (χ2n) is 7.40. The number of fused-ring (bicyclic) bond motifs is 1. The Labute approximate surface area is 179 Å². The minimum Gasteiger partial charge on any atom is -0.502 e. The number of hydrogen-bond acceptors (Lipinski definition) is 3. The van der Waals surface area contributed by atoms with E-state index in [1.54, 1.807) is 7.05 Å². The van der Waals surface area contributed by atoms with Crippen molar-refractivity contribution in [2.45, 2.75) is 12.2 Å². The van der Waals surface area contributed by atoms with Gasteiger partial charge in [0.2, 0.25) is 0 Å². The first kappa shape index (κ1) is 21.5. The van der Waals surface area contributed by atoms with Gasteiger partial charge in [-0.1, -0.05) is 6.07 Å². The standard InChI is InChI=1S/C22H19F4N3O3/c1-27-16-7-6-12(10-17(16)28(2)21(27)31)20(22(24,25)26)29-8-4-5-15(29)13-9-14(23)19(30)18(11-13)32-3/h4-11,20,30H,1-3H3/t20-/m0/s1. The predicted octanol–water partition coefficient (Wildman–Crippen LogP) is 4.35. The molecule has 6 nitrogen and oxygen atoms in total. The maximum Gasteiger partial charge on any atom is 0.413 e. The SMILES string of the molecule is COc1cc(-c2cccn2[C@@H](c2ccc3c(c2)n(C)c(=O)n3C)C(F)(F)F)cc(F)c1O. The van der Waals surface area contributed by atoms with Crippen LogP contribution >= 0.6 is 0 Å². The second kappa shape index (κ2) is 7.47. The normalized spacial score (nSPS) is 13.0. The van der Waals surface area contributed by atoms with Crippen molar-refractivity contribution < 1.29 is 27.4 Å². The molecule has 0 fully saturated rings. The quantitative estimate of drug-likeness (QED) is 0.472. The largest absolute Gasteiger partial charge is 0.502 e. The number of aromatic nitrogens is 3. The van der Waals surface area contributed by atoms with Crippen molar-refractivity contribution in [3.63, 3.8) is 0 Å². The molecule has 0 radical (unpaired) electrons. The van der Waals surface area contributed by atoms with Crippen molar-refractivity contribution in [3.05, 3.63) is 70.5 Å². The molecule has 0 aliphatic rings. The van der Waals surface area contributed by atoms with Crippen LogP contribution < -0.4 is 10.4 Å². The monoisotopic (exact) mass is 449 g/mol. The zero-order valence-corrected chi connectivity index (χ0v) is 17.3. The molecule has 4 rings (SSSR count). The first-order valence-electron chi connectivity index (χ1n) is 9.50. The summed E-state index contributed by atoms with van der Waals surface area (Å²) in [5.74, 6) is -1.94. The van der Waals surface area contributed by atoms with Crippen LogP contribution in [0.2, 0.25) is 0 Å². The molecule has 2 aromatic carbocycles. The van der Waals surface area contributed by atoms with E-state index in [0.717, 1.165) is 10.6 Å². The van der Waals surface area contributed by atoms with Crippen molar-refractivity contribution in [2.24, 2.45) is 14.1 Å². The number of aromatic hydroxyl groups is 1. The number of phenols is 1. The highest BCUT2D eigenvalue weighted by molar-refractivity contribution is 5.77. The van der Waals surface area contributed by atoms with E-state index < -0.39 is 23.8 Å². The number of imidazole rings is 1.